The molecule has 1 aromatic rings. The van der Waals surface area contributed by atoms with Crippen LogP contribution in [0.3, 0.4) is 0 Å². The summed E-state index contributed by atoms with van der Waals surface area (Å²) < 4.78 is 0. The highest BCUT2D eigenvalue weighted by Crippen LogP contribution is 2.31. The van der Waals surface area contributed by atoms with Crippen LogP contribution in [0.4, 0.5) is 5.82 Å². The molecule has 1 aromatic heterocycles. The molecular weight excluding hydrogens is 230 g/mol. The molecule has 0 amide bonds. The van der Waals surface area contributed by atoms with E-state index in [1.54, 1.807) is 6.20 Å². The van der Waals surface area contributed by atoms with Gasteiger partial charge in [0.1, 0.15) is 11.6 Å². The molecule has 1 fully saturated rings. The van der Waals surface area contributed by atoms with Crippen LogP contribution in [0.15, 0.2) is 6.20 Å². The van der Waals surface area contributed by atoms with Gasteiger partial charge in [-0.15, -0.1) is 0 Å². The van der Waals surface area contributed by atoms with Gasteiger partial charge in [-0.25, -0.2) is 9.97 Å². The number of aliphatic hydroxyl groups excluding tert-OH is 1. The van der Waals surface area contributed by atoms with E-state index in [1.807, 2.05) is 18.9 Å². The number of aromatic nitrogens is 2. The predicted octanol–water partition coefficient (Wildman–Crippen LogP) is 1.02. The lowest BCUT2D eigenvalue weighted by atomic mass is 10.0. The van der Waals surface area contributed by atoms with Crippen molar-refractivity contribution in [1.82, 2.24) is 9.97 Å². The van der Waals surface area contributed by atoms with Gasteiger partial charge in [-0.2, -0.15) is 0 Å². The van der Waals surface area contributed by atoms with Crippen LogP contribution in [-0.2, 0) is 6.61 Å². The Morgan fingerprint density at radius 1 is 1.39 bits per heavy atom. The van der Waals surface area contributed by atoms with Gasteiger partial charge in [-0.3, -0.25) is 0 Å². The first-order chi connectivity index (χ1) is 8.54. The Kier molecular flexibility index (Phi) is 3.82. The van der Waals surface area contributed by atoms with E-state index in [-0.39, 0.29) is 6.61 Å². The van der Waals surface area contributed by atoms with Gasteiger partial charge in [-0.05, 0) is 19.8 Å². The van der Waals surface area contributed by atoms with Gasteiger partial charge in [0.05, 0.1) is 12.2 Å². The first-order valence-corrected chi connectivity index (χ1v) is 6.41. The standard InChI is InChI=1S/C13H21N3O2/c1-10-14-7-11(8-17)12(15-10)16(2)9-13(18)5-3-4-6-13/h7,17-18H,3-6,8-9H2,1-2H3. The van der Waals surface area contributed by atoms with Crippen molar-refractivity contribution in [3.05, 3.63) is 17.6 Å². The van der Waals surface area contributed by atoms with Crippen molar-refractivity contribution in [2.45, 2.75) is 44.8 Å². The average Bonchev–Trinajstić information content (AvgIpc) is 2.75. The lowest BCUT2D eigenvalue weighted by Gasteiger charge is -2.30. The van der Waals surface area contributed by atoms with Crippen LogP contribution in [0.2, 0.25) is 0 Å². The molecule has 1 heterocycles. The minimum Gasteiger partial charge on any atom is -0.391 e. The van der Waals surface area contributed by atoms with Crippen LogP contribution in [-0.4, -0.2) is 39.4 Å². The Morgan fingerprint density at radius 2 is 2.06 bits per heavy atom. The number of rotatable bonds is 4. The van der Waals surface area contributed by atoms with Gasteiger partial charge >= 0.3 is 0 Å². The van der Waals surface area contributed by atoms with Gasteiger partial charge in [0.2, 0.25) is 0 Å². The molecule has 100 valence electrons. The fourth-order valence-electron chi connectivity index (χ4n) is 2.63. The van der Waals surface area contributed by atoms with Crippen LogP contribution in [0, 0.1) is 6.92 Å². The molecule has 0 aliphatic heterocycles. The maximum Gasteiger partial charge on any atom is 0.137 e. The molecule has 1 aliphatic rings. The number of aliphatic hydroxyl groups is 2. The number of aryl methyl sites for hydroxylation is 1. The summed E-state index contributed by atoms with van der Waals surface area (Å²) in [6.45, 7) is 2.29. The van der Waals surface area contributed by atoms with Crippen molar-refractivity contribution in [1.29, 1.82) is 0 Å². The first-order valence-electron chi connectivity index (χ1n) is 6.41. The average molecular weight is 251 g/mol. The van der Waals surface area contributed by atoms with Crippen LogP contribution >= 0.6 is 0 Å². The van der Waals surface area contributed by atoms with Crippen molar-refractivity contribution in [3.63, 3.8) is 0 Å². The van der Waals surface area contributed by atoms with Crippen molar-refractivity contribution >= 4 is 5.82 Å². The molecule has 0 spiro atoms. The van der Waals surface area contributed by atoms with E-state index in [1.165, 1.54) is 0 Å². The molecule has 0 atom stereocenters. The summed E-state index contributed by atoms with van der Waals surface area (Å²) in [5.74, 6) is 1.39. The highest BCUT2D eigenvalue weighted by atomic mass is 16.3. The van der Waals surface area contributed by atoms with Gasteiger partial charge in [0, 0.05) is 25.4 Å². The van der Waals surface area contributed by atoms with Crippen LogP contribution in [0.5, 0.6) is 0 Å². The lowest BCUT2D eigenvalue weighted by molar-refractivity contribution is 0.0557. The fourth-order valence-corrected chi connectivity index (χ4v) is 2.63. The van der Waals surface area contributed by atoms with Crippen LogP contribution in [0.1, 0.15) is 37.1 Å². The van der Waals surface area contributed by atoms with E-state index in [4.69, 9.17) is 0 Å². The number of anilines is 1. The Labute approximate surface area is 107 Å². The topological polar surface area (TPSA) is 69.5 Å². The smallest absolute Gasteiger partial charge is 0.137 e. The van der Waals surface area contributed by atoms with Crippen molar-refractivity contribution in [2.75, 3.05) is 18.5 Å². The van der Waals surface area contributed by atoms with Crippen LogP contribution < -0.4 is 4.90 Å². The highest BCUT2D eigenvalue weighted by molar-refractivity contribution is 5.45. The minimum absolute atomic E-state index is 0.0849. The zero-order valence-electron chi connectivity index (χ0n) is 11.1. The normalized spacial score (nSPS) is 18.0. The van der Waals surface area contributed by atoms with E-state index < -0.39 is 5.60 Å². The monoisotopic (exact) mass is 251 g/mol. The van der Waals surface area contributed by atoms with Gasteiger partial charge < -0.3 is 15.1 Å². The Bertz CT molecular complexity index is 417. The van der Waals surface area contributed by atoms with Crippen molar-refractivity contribution < 1.29 is 10.2 Å². The number of hydrogen-bond donors (Lipinski definition) is 2. The molecule has 0 unspecified atom stereocenters. The quantitative estimate of drug-likeness (QED) is 0.836. The molecule has 5 nitrogen and oxygen atoms in total. The summed E-state index contributed by atoms with van der Waals surface area (Å²) in [5.41, 5.74) is 0.0880. The maximum absolute atomic E-state index is 10.4. The second-order valence-corrected chi connectivity index (χ2v) is 5.21. The summed E-state index contributed by atoms with van der Waals surface area (Å²) >= 11 is 0. The first kappa shape index (κ1) is 13.2. The third kappa shape index (κ3) is 2.79. The Morgan fingerprint density at radius 3 is 2.67 bits per heavy atom. The summed E-state index contributed by atoms with van der Waals surface area (Å²) in [6, 6.07) is 0. The van der Waals surface area contributed by atoms with E-state index >= 15 is 0 Å². The molecule has 18 heavy (non-hydrogen) atoms. The Hall–Kier alpha value is -1.20. The Balaban J connectivity index is 2.17. The summed E-state index contributed by atoms with van der Waals surface area (Å²) in [6.07, 6.45) is 5.50. The molecule has 1 aliphatic carbocycles. The van der Waals surface area contributed by atoms with Crippen LogP contribution in [0.25, 0.3) is 0 Å². The molecule has 2 N–H and O–H groups in total. The van der Waals surface area contributed by atoms with Gasteiger partial charge in [0.25, 0.3) is 0 Å². The zero-order chi connectivity index (χ0) is 13.2. The SMILES string of the molecule is Cc1ncc(CO)c(N(C)CC2(O)CCCC2)n1. The molecular formula is C13H21N3O2. The fraction of sp³-hybridized carbons (Fsp3) is 0.692. The molecule has 1 saturated carbocycles. The predicted molar refractivity (Wildman–Crippen MR) is 69.4 cm³/mol. The molecule has 0 saturated heterocycles. The van der Waals surface area contributed by atoms with Gasteiger partial charge in [-0.1, -0.05) is 12.8 Å². The second-order valence-electron chi connectivity index (χ2n) is 5.21. The van der Waals surface area contributed by atoms with E-state index in [2.05, 4.69) is 9.97 Å². The second kappa shape index (κ2) is 5.20. The highest BCUT2D eigenvalue weighted by Gasteiger charge is 2.33. The maximum atomic E-state index is 10.4. The largest absolute Gasteiger partial charge is 0.391 e. The minimum atomic E-state index is -0.611. The number of likely N-dealkylation sites (N-methyl/N-ethyl adjacent to an activating group) is 1. The third-order valence-corrected chi connectivity index (χ3v) is 3.56. The lowest BCUT2D eigenvalue weighted by Crippen LogP contribution is -2.40. The molecule has 0 aromatic carbocycles. The van der Waals surface area contributed by atoms with E-state index in [0.29, 0.717) is 23.8 Å². The molecule has 2 rings (SSSR count). The molecule has 0 radical (unpaired) electrons. The summed E-state index contributed by atoms with van der Waals surface area (Å²) in [5, 5.41) is 19.7. The zero-order valence-corrected chi connectivity index (χ0v) is 11.1. The summed E-state index contributed by atoms with van der Waals surface area (Å²) in [4.78, 5) is 10.4. The molecule has 5 heteroatoms. The summed E-state index contributed by atoms with van der Waals surface area (Å²) in [7, 11) is 1.90. The van der Waals surface area contributed by atoms with Crippen molar-refractivity contribution in [3.8, 4) is 0 Å². The third-order valence-electron chi connectivity index (χ3n) is 3.56. The number of nitrogens with zero attached hydrogens (tertiary/aromatic N) is 3. The molecule has 0 bridgehead atoms. The number of hydrogen-bond acceptors (Lipinski definition) is 5. The van der Waals surface area contributed by atoms with Gasteiger partial charge in [0.15, 0.2) is 0 Å². The van der Waals surface area contributed by atoms with E-state index in [9.17, 15) is 10.2 Å². The van der Waals surface area contributed by atoms with Crippen molar-refractivity contribution in [2.24, 2.45) is 0 Å². The van der Waals surface area contributed by atoms with E-state index in [0.717, 1.165) is 25.7 Å².